The normalized spacial score (nSPS) is 19.2. The van der Waals surface area contributed by atoms with Crippen molar-refractivity contribution < 1.29 is 28.8 Å². The molecule has 1 aliphatic heterocycles. The molecular formula is C27H43N3O6. The van der Waals surface area contributed by atoms with Gasteiger partial charge in [0.25, 0.3) is 0 Å². The van der Waals surface area contributed by atoms with Crippen molar-refractivity contribution in [2.75, 3.05) is 33.5 Å². The van der Waals surface area contributed by atoms with Gasteiger partial charge >= 0.3 is 5.97 Å². The van der Waals surface area contributed by atoms with Crippen LogP contribution in [-0.2, 0) is 20.7 Å². The summed E-state index contributed by atoms with van der Waals surface area (Å²) in [7, 11) is 1.66. The number of azide groups is 1. The highest BCUT2D eigenvalue weighted by atomic mass is 16.6. The van der Waals surface area contributed by atoms with Crippen LogP contribution in [0.1, 0.15) is 58.9 Å². The molecule has 9 heteroatoms. The molecular weight excluding hydrogens is 462 g/mol. The maximum atomic E-state index is 12.3. The smallest absolute Gasteiger partial charge is 0.309 e. The van der Waals surface area contributed by atoms with Gasteiger partial charge in [0.2, 0.25) is 0 Å². The minimum Gasteiger partial charge on any atom is -0.490 e. The predicted octanol–water partition coefficient (Wildman–Crippen LogP) is 5.33. The van der Waals surface area contributed by atoms with Crippen LogP contribution in [0.25, 0.3) is 10.4 Å². The number of esters is 1. The first-order valence-corrected chi connectivity index (χ1v) is 13.0. The number of rotatable bonds is 17. The van der Waals surface area contributed by atoms with E-state index in [1.54, 1.807) is 7.11 Å². The van der Waals surface area contributed by atoms with E-state index in [0.717, 1.165) is 18.4 Å². The number of aliphatic hydroxyl groups excluding tert-OH is 1. The van der Waals surface area contributed by atoms with Gasteiger partial charge < -0.3 is 24.1 Å². The van der Waals surface area contributed by atoms with Crippen LogP contribution in [-0.4, -0.2) is 56.8 Å². The van der Waals surface area contributed by atoms with Gasteiger partial charge in [-0.25, -0.2) is 0 Å². The Morgan fingerprint density at radius 2 is 1.86 bits per heavy atom. The van der Waals surface area contributed by atoms with Gasteiger partial charge in [-0.1, -0.05) is 38.9 Å². The van der Waals surface area contributed by atoms with Gasteiger partial charge in [-0.05, 0) is 60.2 Å². The van der Waals surface area contributed by atoms with Crippen molar-refractivity contribution in [2.45, 2.75) is 71.9 Å². The van der Waals surface area contributed by atoms with Gasteiger partial charge in [-0.3, -0.25) is 4.79 Å². The molecule has 0 saturated carbocycles. The van der Waals surface area contributed by atoms with Gasteiger partial charge in [0.05, 0.1) is 25.2 Å². The zero-order valence-electron chi connectivity index (χ0n) is 22.4. The molecule has 0 aromatic heterocycles. The molecule has 1 aromatic rings. The Morgan fingerprint density at radius 1 is 1.14 bits per heavy atom. The van der Waals surface area contributed by atoms with Crippen LogP contribution in [0.5, 0.6) is 11.5 Å². The monoisotopic (exact) mass is 505 g/mol. The number of hydrogen-bond donors (Lipinski definition) is 1. The second kappa shape index (κ2) is 15.6. The van der Waals surface area contributed by atoms with E-state index in [9.17, 15) is 10.3 Å². The van der Waals surface area contributed by atoms with E-state index in [1.165, 1.54) is 0 Å². The van der Waals surface area contributed by atoms with Crippen LogP contribution >= 0.6 is 0 Å². The molecule has 1 aliphatic rings. The largest absolute Gasteiger partial charge is 0.490 e. The fraction of sp³-hybridized carbons (Fsp3) is 0.741. The lowest BCUT2D eigenvalue weighted by molar-refractivity contribution is -0.146. The van der Waals surface area contributed by atoms with Gasteiger partial charge in [-0.2, -0.15) is 0 Å². The van der Waals surface area contributed by atoms with Crippen LogP contribution in [0, 0.1) is 23.7 Å². The van der Waals surface area contributed by atoms with E-state index in [1.807, 2.05) is 32.0 Å². The van der Waals surface area contributed by atoms with Crippen molar-refractivity contribution in [2.24, 2.45) is 28.8 Å². The van der Waals surface area contributed by atoms with Gasteiger partial charge in [0, 0.05) is 38.1 Å². The molecule has 202 valence electrons. The molecule has 0 unspecified atom stereocenters. The van der Waals surface area contributed by atoms with Gasteiger partial charge in [-0.15, -0.1) is 0 Å². The maximum absolute atomic E-state index is 12.3. The molecule has 2 rings (SSSR count). The number of ether oxygens (including phenoxy) is 4. The van der Waals surface area contributed by atoms with Crippen LogP contribution in [0.2, 0.25) is 0 Å². The van der Waals surface area contributed by atoms with E-state index in [0.29, 0.717) is 56.5 Å². The summed E-state index contributed by atoms with van der Waals surface area (Å²) in [5.74, 6) is 1.69. The molecule has 0 bridgehead atoms. The Balaban J connectivity index is 2.16. The molecule has 9 nitrogen and oxygen atoms in total. The minimum absolute atomic E-state index is 0.0682. The number of hydrogen-bond acceptors (Lipinski definition) is 7. The highest BCUT2D eigenvalue weighted by molar-refractivity contribution is 5.75. The Morgan fingerprint density at radius 3 is 2.47 bits per heavy atom. The van der Waals surface area contributed by atoms with E-state index in [2.05, 4.69) is 23.9 Å². The topological polar surface area (TPSA) is 123 Å². The van der Waals surface area contributed by atoms with Crippen molar-refractivity contribution in [1.82, 2.24) is 0 Å². The number of aliphatic hydroxyl groups is 1. The highest BCUT2D eigenvalue weighted by Gasteiger charge is 2.40. The third-order valence-electron chi connectivity index (χ3n) is 6.79. The molecule has 1 N–H and O–H groups in total. The lowest BCUT2D eigenvalue weighted by atomic mass is 9.82. The molecule has 0 amide bonds. The third-order valence-corrected chi connectivity index (χ3v) is 6.79. The Bertz CT molecular complexity index is 856. The number of methoxy groups -OCH3 is 1. The molecule has 36 heavy (non-hydrogen) atoms. The number of carbonyl (C=O) groups excluding carboxylic acids is 1. The fourth-order valence-corrected chi connectivity index (χ4v) is 4.50. The Kier molecular flexibility index (Phi) is 12.9. The number of nitrogens with zero attached hydrogens (tertiary/aromatic N) is 3. The molecule has 1 saturated heterocycles. The van der Waals surface area contributed by atoms with Crippen LogP contribution in [0.4, 0.5) is 0 Å². The van der Waals surface area contributed by atoms with Crippen molar-refractivity contribution in [3.63, 3.8) is 0 Å². The molecule has 0 spiro atoms. The van der Waals surface area contributed by atoms with Gasteiger partial charge in [0.1, 0.15) is 6.10 Å². The molecule has 0 radical (unpaired) electrons. The SMILES string of the molecule is COCCCOc1cc(C[C@@H](C[C@H](N=[N+]=[N-])[C@@H]2C[C@@H](C(C)C)C(=O)O2)C(C)C)ccc1OCCCO. The molecule has 1 fully saturated rings. The van der Waals surface area contributed by atoms with Crippen molar-refractivity contribution in [1.29, 1.82) is 0 Å². The number of benzene rings is 1. The quantitative estimate of drug-likeness (QED) is 0.100. The summed E-state index contributed by atoms with van der Waals surface area (Å²) in [6.45, 7) is 9.93. The van der Waals surface area contributed by atoms with Gasteiger partial charge in [0.15, 0.2) is 11.5 Å². The molecule has 1 aromatic carbocycles. The minimum atomic E-state index is -0.402. The average molecular weight is 506 g/mol. The summed E-state index contributed by atoms with van der Waals surface area (Å²) >= 11 is 0. The van der Waals surface area contributed by atoms with E-state index in [4.69, 9.17) is 24.1 Å². The zero-order chi connectivity index (χ0) is 26.5. The van der Waals surface area contributed by atoms with E-state index < -0.39 is 6.04 Å². The van der Waals surface area contributed by atoms with Crippen LogP contribution in [0.3, 0.4) is 0 Å². The molecule has 0 aliphatic carbocycles. The van der Waals surface area contributed by atoms with Crippen molar-refractivity contribution >= 4 is 5.97 Å². The maximum Gasteiger partial charge on any atom is 0.309 e. The number of carbonyl (C=O) groups is 1. The van der Waals surface area contributed by atoms with Crippen LogP contribution < -0.4 is 9.47 Å². The predicted molar refractivity (Wildman–Crippen MR) is 138 cm³/mol. The summed E-state index contributed by atoms with van der Waals surface area (Å²) in [5.41, 5.74) is 10.3. The summed E-state index contributed by atoms with van der Waals surface area (Å²) in [6.07, 6.45) is 2.90. The van der Waals surface area contributed by atoms with E-state index in [-0.39, 0.29) is 36.4 Å². The second-order valence-corrected chi connectivity index (χ2v) is 10.2. The number of cyclic esters (lactones) is 1. The molecule has 1 heterocycles. The standard InChI is InChI=1S/C27H43N3O6/c1-18(2)21(16-23(29-30-28)25-17-22(19(3)4)27(32)36-25)14-20-8-9-24(34-12-6-10-31)26(15-20)35-13-7-11-33-5/h8-9,15,18-19,21-23,25,31H,6-7,10-14,16-17H2,1-5H3/t21-,22-,23-,25-/m0/s1. The zero-order valence-corrected chi connectivity index (χ0v) is 22.4. The summed E-state index contributed by atoms with van der Waals surface area (Å²) in [4.78, 5) is 15.4. The summed E-state index contributed by atoms with van der Waals surface area (Å²) in [5, 5.41) is 13.1. The summed E-state index contributed by atoms with van der Waals surface area (Å²) in [6, 6.07) is 5.54. The fourth-order valence-electron chi connectivity index (χ4n) is 4.50. The Labute approximate surface area is 215 Å². The lowest BCUT2D eigenvalue weighted by Crippen LogP contribution is -2.29. The Hall–Kier alpha value is -2.48. The second-order valence-electron chi connectivity index (χ2n) is 10.2. The highest BCUT2D eigenvalue weighted by Crippen LogP contribution is 2.35. The van der Waals surface area contributed by atoms with Crippen molar-refractivity contribution in [3.05, 3.63) is 34.2 Å². The first-order chi connectivity index (χ1) is 17.3. The summed E-state index contributed by atoms with van der Waals surface area (Å²) < 4.78 is 22.6. The average Bonchev–Trinajstić information content (AvgIpc) is 3.24. The van der Waals surface area contributed by atoms with E-state index >= 15 is 0 Å². The lowest BCUT2D eigenvalue weighted by Gasteiger charge is -2.27. The first kappa shape index (κ1) is 29.7. The first-order valence-electron chi connectivity index (χ1n) is 13.0. The van der Waals surface area contributed by atoms with Crippen LogP contribution in [0.15, 0.2) is 23.3 Å². The van der Waals surface area contributed by atoms with Crippen molar-refractivity contribution in [3.8, 4) is 11.5 Å². The third kappa shape index (κ3) is 9.19. The molecule has 4 atom stereocenters.